The molecule has 0 fully saturated rings. The second-order valence-corrected chi connectivity index (χ2v) is 6.26. The van der Waals surface area contributed by atoms with Gasteiger partial charge in [-0.3, -0.25) is 9.38 Å². The molecule has 0 amide bonds. The van der Waals surface area contributed by atoms with Crippen LogP contribution < -0.4 is 5.32 Å². The second kappa shape index (κ2) is 5.34. The lowest BCUT2D eigenvalue weighted by molar-refractivity contribution is 0.670. The minimum Gasteiger partial charge on any atom is -0.307 e. The predicted molar refractivity (Wildman–Crippen MR) is 82.1 cm³/mol. The van der Waals surface area contributed by atoms with Crippen molar-refractivity contribution in [3.63, 3.8) is 0 Å². The maximum absolute atomic E-state index is 4.60. The number of hydrogen-bond donors (Lipinski definition) is 1. The Labute approximate surface area is 122 Å². The molecule has 0 spiro atoms. The zero-order chi connectivity index (χ0) is 14.1. The summed E-state index contributed by atoms with van der Waals surface area (Å²) < 4.78 is 2.19. The number of nitrogens with zero attached hydrogens (tertiary/aromatic N) is 3. The van der Waals surface area contributed by atoms with Gasteiger partial charge >= 0.3 is 0 Å². The van der Waals surface area contributed by atoms with Crippen LogP contribution in [0.3, 0.4) is 0 Å². The van der Waals surface area contributed by atoms with Crippen LogP contribution in [0.15, 0.2) is 24.5 Å². The molecule has 0 unspecified atom stereocenters. The summed E-state index contributed by atoms with van der Waals surface area (Å²) in [5, 5.41) is 3.47. The summed E-state index contributed by atoms with van der Waals surface area (Å²) in [5.74, 6) is 0. The summed E-state index contributed by atoms with van der Waals surface area (Å²) in [6.07, 6.45) is 4.08. The summed E-state index contributed by atoms with van der Waals surface area (Å²) in [5.41, 5.74) is 4.60. The summed E-state index contributed by atoms with van der Waals surface area (Å²) in [6.45, 7) is 7.83. The zero-order valence-corrected chi connectivity index (χ0v) is 12.8. The molecule has 0 aliphatic rings. The Morgan fingerprint density at radius 3 is 2.80 bits per heavy atom. The Morgan fingerprint density at radius 1 is 1.20 bits per heavy atom. The summed E-state index contributed by atoms with van der Waals surface area (Å²) in [7, 11) is 0. The van der Waals surface area contributed by atoms with E-state index in [1.165, 1.54) is 16.1 Å². The highest BCUT2D eigenvalue weighted by atomic mass is 32.1. The highest BCUT2D eigenvalue weighted by molar-refractivity contribution is 7.17. The number of pyridine rings is 1. The minimum absolute atomic E-state index is 0.817. The molecule has 20 heavy (non-hydrogen) atoms. The van der Waals surface area contributed by atoms with E-state index in [1.54, 1.807) is 11.3 Å². The molecular formula is C15H18N4S. The van der Waals surface area contributed by atoms with E-state index in [2.05, 4.69) is 45.8 Å². The first-order chi connectivity index (χ1) is 9.63. The van der Waals surface area contributed by atoms with Gasteiger partial charge in [-0.1, -0.05) is 6.07 Å². The van der Waals surface area contributed by atoms with Crippen molar-refractivity contribution in [3.8, 4) is 0 Å². The second-order valence-electron chi connectivity index (χ2n) is 5.05. The molecule has 0 aromatic carbocycles. The van der Waals surface area contributed by atoms with Crippen LogP contribution in [0, 0.1) is 20.8 Å². The quantitative estimate of drug-likeness (QED) is 0.801. The van der Waals surface area contributed by atoms with Crippen LogP contribution in [0.25, 0.3) is 4.96 Å². The van der Waals surface area contributed by atoms with Gasteiger partial charge in [-0.15, -0.1) is 11.3 Å². The van der Waals surface area contributed by atoms with E-state index < -0.39 is 0 Å². The molecule has 3 aromatic rings. The molecule has 3 heterocycles. The van der Waals surface area contributed by atoms with Crippen molar-refractivity contribution in [1.29, 1.82) is 0 Å². The van der Waals surface area contributed by atoms with Crippen LogP contribution in [0.4, 0.5) is 0 Å². The fourth-order valence-electron chi connectivity index (χ4n) is 2.25. The minimum atomic E-state index is 0.817. The largest absolute Gasteiger partial charge is 0.307 e. The third-order valence-electron chi connectivity index (χ3n) is 3.34. The Balaban J connectivity index is 1.70. The molecule has 0 atom stereocenters. The first-order valence-electron chi connectivity index (χ1n) is 6.69. The van der Waals surface area contributed by atoms with Crippen molar-refractivity contribution < 1.29 is 0 Å². The van der Waals surface area contributed by atoms with Crippen LogP contribution in [-0.4, -0.2) is 14.4 Å². The molecule has 3 aromatic heterocycles. The zero-order valence-electron chi connectivity index (χ0n) is 12.0. The highest BCUT2D eigenvalue weighted by Gasteiger charge is 2.10. The molecule has 0 saturated heterocycles. The van der Waals surface area contributed by atoms with Gasteiger partial charge in [-0.2, -0.15) is 0 Å². The first kappa shape index (κ1) is 13.3. The van der Waals surface area contributed by atoms with Gasteiger partial charge in [0.05, 0.1) is 11.4 Å². The smallest absolute Gasteiger partial charge is 0.194 e. The first-order valence-corrected chi connectivity index (χ1v) is 7.51. The number of aryl methyl sites for hydroxylation is 3. The SMILES string of the molecule is Cc1ccc(CNCc2c(C)nc3sc(C)cn23)cn1. The number of fused-ring (bicyclic) bond motifs is 1. The van der Waals surface area contributed by atoms with Crippen LogP contribution in [-0.2, 0) is 13.1 Å². The topological polar surface area (TPSA) is 42.2 Å². The Morgan fingerprint density at radius 2 is 2.05 bits per heavy atom. The number of rotatable bonds is 4. The van der Waals surface area contributed by atoms with Crippen LogP contribution in [0.5, 0.6) is 0 Å². The van der Waals surface area contributed by atoms with Crippen molar-refractivity contribution in [2.24, 2.45) is 0 Å². The lowest BCUT2D eigenvalue weighted by atomic mass is 10.2. The lowest BCUT2D eigenvalue weighted by Crippen LogP contribution is -2.14. The van der Waals surface area contributed by atoms with E-state index in [0.29, 0.717) is 0 Å². The molecule has 0 bridgehead atoms. The summed E-state index contributed by atoms with van der Waals surface area (Å²) >= 11 is 1.73. The molecule has 104 valence electrons. The van der Waals surface area contributed by atoms with Gasteiger partial charge < -0.3 is 5.32 Å². The summed E-state index contributed by atoms with van der Waals surface area (Å²) in [4.78, 5) is 11.3. The van der Waals surface area contributed by atoms with Gasteiger partial charge in [0.1, 0.15) is 0 Å². The van der Waals surface area contributed by atoms with Crippen molar-refractivity contribution in [3.05, 3.63) is 52.0 Å². The van der Waals surface area contributed by atoms with Crippen molar-refractivity contribution >= 4 is 16.3 Å². The van der Waals surface area contributed by atoms with Crippen LogP contribution >= 0.6 is 11.3 Å². The number of nitrogens with one attached hydrogen (secondary N) is 1. The highest BCUT2D eigenvalue weighted by Crippen LogP contribution is 2.20. The Hall–Kier alpha value is -1.72. The van der Waals surface area contributed by atoms with Gasteiger partial charge in [0.2, 0.25) is 0 Å². The molecule has 1 N–H and O–H groups in total. The fourth-order valence-corrected chi connectivity index (χ4v) is 3.14. The maximum atomic E-state index is 4.60. The van der Waals surface area contributed by atoms with Crippen molar-refractivity contribution in [2.75, 3.05) is 0 Å². The Kier molecular flexibility index (Phi) is 3.54. The van der Waals surface area contributed by atoms with Crippen LogP contribution in [0.2, 0.25) is 0 Å². The van der Waals surface area contributed by atoms with E-state index in [1.807, 2.05) is 19.2 Å². The average Bonchev–Trinajstić information content (AvgIpc) is 2.89. The van der Waals surface area contributed by atoms with Crippen molar-refractivity contribution in [1.82, 2.24) is 19.7 Å². The van der Waals surface area contributed by atoms with Gasteiger partial charge in [0, 0.05) is 36.1 Å². The van der Waals surface area contributed by atoms with Gasteiger partial charge in [-0.25, -0.2) is 4.98 Å². The molecule has 0 radical (unpaired) electrons. The monoisotopic (exact) mass is 286 g/mol. The number of aromatic nitrogens is 3. The van der Waals surface area contributed by atoms with Crippen molar-refractivity contribution in [2.45, 2.75) is 33.9 Å². The van der Waals surface area contributed by atoms with E-state index in [4.69, 9.17) is 0 Å². The molecule has 5 heteroatoms. The molecule has 0 aliphatic carbocycles. The van der Waals surface area contributed by atoms with Gasteiger partial charge in [0.15, 0.2) is 4.96 Å². The average molecular weight is 286 g/mol. The van der Waals surface area contributed by atoms with E-state index >= 15 is 0 Å². The van der Waals surface area contributed by atoms with Gasteiger partial charge in [-0.05, 0) is 32.4 Å². The molecule has 3 rings (SSSR count). The number of imidazole rings is 1. The standard InChI is InChI=1S/C15H18N4S/c1-10-4-5-13(7-17-10)6-16-8-14-12(3)18-15-19(14)9-11(2)20-15/h4-5,7,9,16H,6,8H2,1-3H3. The third kappa shape index (κ3) is 2.59. The van der Waals surface area contributed by atoms with Gasteiger partial charge in [0.25, 0.3) is 0 Å². The lowest BCUT2D eigenvalue weighted by Gasteiger charge is -2.05. The third-order valence-corrected chi connectivity index (χ3v) is 4.23. The predicted octanol–water partition coefficient (Wildman–Crippen LogP) is 3.01. The molecule has 0 aliphatic heterocycles. The van der Waals surface area contributed by atoms with E-state index in [9.17, 15) is 0 Å². The molecule has 4 nitrogen and oxygen atoms in total. The number of thiazole rings is 1. The maximum Gasteiger partial charge on any atom is 0.194 e. The van der Waals surface area contributed by atoms with Crippen LogP contribution in [0.1, 0.15) is 27.5 Å². The van der Waals surface area contributed by atoms with E-state index in [0.717, 1.165) is 29.4 Å². The fraction of sp³-hybridized carbons (Fsp3) is 0.333. The normalized spacial score (nSPS) is 11.3. The molecule has 0 saturated carbocycles. The molecular weight excluding hydrogens is 268 g/mol. The Bertz CT molecular complexity index is 724. The number of hydrogen-bond acceptors (Lipinski definition) is 4. The van der Waals surface area contributed by atoms with E-state index in [-0.39, 0.29) is 0 Å². The summed E-state index contributed by atoms with van der Waals surface area (Å²) in [6, 6.07) is 4.16.